The molecule has 1 amide bonds. The lowest BCUT2D eigenvalue weighted by Gasteiger charge is -2.37. The minimum absolute atomic E-state index is 0.126. The predicted octanol–water partition coefficient (Wildman–Crippen LogP) is 9.87. The highest BCUT2D eigenvalue weighted by molar-refractivity contribution is 6.74. The van der Waals surface area contributed by atoms with E-state index in [0.29, 0.717) is 13.0 Å². The van der Waals surface area contributed by atoms with Gasteiger partial charge in [-0.3, -0.25) is 0 Å². The Bertz CT molecular complexity index is 1560. The van der Waals surface area contributed by atoms with Crippen LogP contribution in [-0.4, -0.2) is 32.7 Å². The van der Waals surface area contributed by atoms with Gasteiger partial charge in [-0.05, 0) is 84.4 Å². The molecular formula is C38H49NO3Si. The van der Waals surface area contributed by atoms with E-state index in [1.54, 1.807) is 0 Å². The molecule has 0 aliphatic carbocycles. The van der Waals surface area contributed by atoms with E-state index in [1.165, 1.54) is 27.1 Å². The molecule has 4 aromatic carbocycles. The summed E-state index contributed by atoms with van der Waals surface area (Å²) >= 11 is 0. The molecule has 0 aromatic heterocycles. The first-order valence-electron chi connectivity index (χ1n) is 15.5. The number of rotatable bonds is 10. The number of ether oxygens (including phenoxy) is 1. The lowest BCUT2D eigenvalue weighted by molar-refractivity contribution is 0.0514. The van der Waals surface area contributed by atoms with Crippen molar-refractivity contribution >= 4 is 36.0 Å². The molecule has 4 nitrogen and oxygen atoms in total. The zero-order chi connectivity index (χ0) is 31.3. The van der Waals surface area contributed by atoms with Gasteiger partial charge in [0.15, 0.2) is 8.32 Å². The van der Waals surface area contributed by atoms with Crippen molar-refractivity contribution in [3.8, 4) is 0 Å². The fourth-order valence-corrected chi connectivity index (χ4v) is 5.98. The van der Waals surface area contributed by atoms with Gasteiger partial charge in [-0.15, -0.1) is 0 Å². The summed E-state index contributed by atoms with van der Waals surface area (Å²) in [4.78, 5) is 12.9. The van der Waals surface area contributed by atoms with Crippen LogP contribution in [0, 0.1) is 5.92 Å². The lowest BCUT2D eigenvalue weighted by atomic mass is 9.95. The summed E-state index contributed by atoms with van der Waals surface area (Å²) in [5.41, 5.74) is 1.86. The van der Waals surface area contributed by atoms with Gasteiger partial charge in [-0.25, -0.2) is 4.79 Å². The zero-order valence-electron chi connectivity index (χ0n) is 27.2. The Morgan fingerprint density at radius 3 is 1.77 bits per heavy atom. The molecule has 0 saturated heterocycles. The molecule has 0 saturated carbocycles. The monoisotopic (exact) mass is 595 g/mol. The molecule has 0 bridgehead atoms. The van der Waals surface area contributed by atoms with E-state index in [2.05, 4.69) is 136 Å². The van der Waals surface area contributed by atoms with Crippen molar-refractivity contribution < 1.29 is 14.0 Å². The van der Waals surface area contributed by atoms with Crippen LogP contribution in [0.2, 0.25) is 18.1 Å². The molecule has 228 valence electrons. The first-order chi connectivity index (χ1) is 20.2. The second-order valence-corrected chi connectivity index (χ2v) is 19.0. The van der Waals surface area contributed by atoms with Crippen molar-refractivity contribution in [2.24, 2.45) is 5.92 Å². The number of carbonyl (C=O) groups is 1. The maximum atomic E-state index is 12.9. The van der Waals surface area contributed by atoms with Crippen molar-refractivity contribution in [2.75, 3.05) is 6.61 Å². The smallest absolute Gasteiger partial charge is 0.408 e. The molecule has 5 heteroatoms. The molecule has 0 radical (unpaired) electrons. The van der Waals surface area contributed by atoms with Crippen molar-refractivity contribution in [3.63, 3.8) is 0 Å². The normalized spacial score (nSPS) is 14.2. The maximum absolute atomic E-state index is 12.9. The number of hydrogen-bond acceptors (Lipinski definition) is 3. The summed E-state index contributed by atoms with van der Waals surface area (Å²) in [6.07, 6.45) is 5.48. The van der Waals surface area contributed by atoms with Crippen LogP contribution in [0.25, 0.3) is 21.5 Å². The van der Waals surface area contributed by atoms with E-state index >= 15 is 0 Å². The number of nitrogens with one attached hydrogen (secondary N) is 1. The Morgan fingerprint density at radius 2 is 1.26 bits per heavy atom. The third-order valence-electron chi connectivity index (χ3n) is 8.36. The highest BCUT2D eigenvalue weighted by Crippen LogP contribution is 2.37. The van der Waals surface area contributed by atoms with Gasteiger partial charge in [0.1, 0.15) is 5.60 Å². The summed E-state index contributed by atoms with van der Waals surface area (Å²) in [7, 11) is -1.95. The number of carbonyl (C=O) groups excluding carboxylic acids is 1. The molecular weight excluding hydrogens is 547 g/mol. The number of benzene rings is 4. The van der Waals surface area contributed by atoms with E-state index in [-0.39, 0.29) is 17.0 Å². The maximum Gasteiger partial charge on any atom is 0.408 e. The summed E-state index contributed by atoms with van der Waals surface area (Å²) in [6.45, 7) is 17.7. The first kappa shape index (κ1) is 32.5. The highest BCUT2D eigenvalue weighted by Gasteiger charge is 2.37. The van der Waals surface area contributed by atoms with Gasteiger partial charge >= 0.3 is 6.09 Å². The fraction of sp³-hybridized carbons (Fsp3) is 0.395. The molecule has 0 heterocycles. The summed E-state index contributed by atoms with van der Waals surface area (Å²) < 4.78 is 12.4. The van der Waals surface area contributed by atoms with Gasteiger partial charge in [-0.2, -0.15) is 0 Å². The topological polar surface area (TPSA) is 47.6 Å². The Balaban J connectivity index is 1.61. The quantitative estimate of drug-likeness (QED) is 0.147. The van der Waals surface area contributed by atoms with E-state index in [0.717, 1.165) is 12.0 Å². The Morgan fingerprint density at radius 1 is 0.744 bits per heavy atom. The first-order valence-corrected chi connectivity index (χ1v) is 18.4. The van der Waals surface area contributed by atoms with Crippen LogP contribution in [0.4, 0.5) is 4.79 Å². The SMILES string of the molecule is CC(C)(C)OC(=O)N[C@@H](C=CC(CO[Si](C)(C)C(C)(C)C)Cc1ccc2ccccc2c1)Cc1ccc2ccccc2c1. The number of amides is 1. The van der Waals surface area contributed by atoms with Crippen molar-refractivity contribution in [2.45, 2.75) is 84.2 Å². The summed E-state index contributed by atoms with van der Waals surface area (Å²) in [5, 5.41) is 8.14. The van der Waals surface area contributed by atoms with Crippen LogP contribution in [0.3, 0.4) is 0 Å². The lowest BCUT2D eigenvalue weighted by Crippen LogP contribution is -2.42. The molecule has 4 aromatic rings. The van der Waals surface area contributed by atoms with Crippen LogP contribution in [0.1, 0.15) is 52.7 Å². The Labute approximate surface area is 259 Å². The Kier molecular flexibility index (Phi) is 10.2. The van der Waals surface area contributed by atoms with E-state index in [9.17, 15) is 4.79 Å². The second-order valence-electron chi connectivity index (χ2n) is 14.2. The molecule has 0 fully saturated rings. The number of hydrogen-bond donors (Lipinski definition) is 1. The van der Waals surface area contributed by atoms with Crippen molar-refractivity contribution in [3.05, 3.63) is 108 Å². The van der Waals surface area contributed by atoms with Crippen molar-refractivity contribution in [1.29, 1.82) is 0 Å². The standard InChI is InChI=1S/C38H49NO3Si/c1-37(2,3)42-36(40)39-35(26-29-18-21-32-14-10-12-16-34(32)25-29)22-19-30(27-41-43(7,8)38(4,5)6)23-28-17-20-31-13-9-11-15-33(31)24-28/h9-22,24-25,30,35H,23,26-27H2,1-8H3,(H,39,40)/t30?,35-/m0/s1. The van der Waals surface area contributed by atoms with Gasteiger partial charge < -0.3 is 14.5 Å². The van der Waals surface area contributed by atoms with Crippen LogP contribution in [0.5, 0.6) is 0 Å². The second kappa shape index (κ2) is 13.5. The van der Waals surface area contributed by atoms with Gasteiger partial charge in [0.05, 0.1) is 6.04 Å². The molecule has 43 heavy (non-hydrogen) atoms. The molecule has 0 aliphatic heterocycles. The van der Waals surface area contributed by atoms with Crippen LogP contribution >= 0.6 is 0 Å². The third kappa shape index (κ3) is 9.54. The molecule has 0 aliphatic rings. The fourth-order valence-electron chi connectivity index (χ4n) is 4.92. The van der Waals surface area contributed by atoms with E-state index in [1.807, 2.05) is 20.8 Å². The van der Waals surface area contributed by atoms with Crippen LogP contribution < -0.4 is 5.32 Å². The zero-order valence-corrected chi connectivity index (χ0v) is 28.2. The largest absolute Gasteiger partial charge is 0.444 e. The minimum atomic E-state index is -1.95. The molecule has 0 spiro atoms. The van der Waals surface area contributed by atoms with Crippen LogP contribution in [-0.2, 0) is 22.0 Å². The van der Waals surface area contributed by atoms with Gasteiger partial charge in [0.2, 0.25) is 0 Å². The summed E-state index contributed by atoms with van der Waals surface area (Å²) in [6, 6.07) is 29.8. The number of fused-ring (bicyclic) bond motifs is 2. The Hall–Kier alpha value is -3.41. The minimum Gasteiger partial charge on any atom is -0.444 e. The molecule has 4 rings (SSSR count). The van der Waals surface area contributed by atoms with Gasteiger partial charge in [0, 0.05) is 12.5 Å². The molecule has 1 N–H and O–H groups in total. The third-order valence-corrected chi connectivity index (χ3v) is 12.9. The highest BCUT2D eigenvalue weighted by atomic mass is 28.4. The molecule has 2 atom stereocenters. The van der Waals surface area contributed by atoms with Crippen LogP contribution in [0.15, 0.2) is 97.1 Å². The average molecular weight is 596 g/mol. The average Bonchev–Trinajstić information content (AvgIpc) is 2.92. The van der Waals surface area contributed by atoms with Crippen molar-refractivity contribution in [1.82, 2.24) is 5.32 Å². The van der Waals surface area contributed by atoms with Gasteiger partial charge in [0.25, 0.3) is 0 Å². The van der Waals surface area contributed by atoms with E-state index < -0.39 is 20.0 Å². The summed E-state index contributed by atoms with van der Waals surface area (Å²) in [5.74, 6) is 0.148. The van der Waals surface area contributed by atoms with E-state index in [4.69, 9.17) is 9.16 Å². The van der Waals surface area contributed by atoms with Gasteiger partial charge in [-0.1, -0.05) is 118 Å². The number of alkyl carbamates (subject to hydrolysis) is 1. The predicted molar refractivity (Wildman–Crippen MR) is 184 cm³/mol. The molecule has 1 unspecified atom stereocenters.